The number of aryl methyl sites for hydroxylation is 1. The number of halogens is 2. The molecule has 42 heavy (non-hydrogen) atoms. The van der Waals surface area contributed by atoms with Crippen LogP contribution in [0.5, 0.6) is 0 Å². The predicted molar refractivity (Wildman–Crippen MR) is 168 cm³/mol. The second kappa shape index (κ2) is 13.9. The highest BCUT2D eigenvalue weighted by Gasteiger charge is 2.35. The van der Waals surface area contributed by atoms with E-state index in [1.165, 1.54) is 17.0 Å². The minimum absolute atomic E-state index is 0.0114. The van der Waals surface area contributed by atoms with Crippen LogP contribution < -0.4 is 9.62 Å². The Labute approximate surface area is 258 Å². The number of hydrogen-bond donors (Lipinski definition) is 1. The molecule has 0 aliphatic heterocycles. The fourth-order valence-corrected chi connectivity index (χ4v) is 7.32. The summed E-state index contributed by atoms with van der Waals surface area (Å²) < 4.78 is 29.2. The van der Waals surface area contributed by atoms with Crippen molar-refractivity contribution >= 4 is 50.7 Å². The zero-order valence-corrected chi connectivity index (χ0v) is 26.5. The number of carbonyl (C=O) groups is 2. The summed E-state index contributed by atoms with van der Waals surface area (Å²) in [6.07, 6.45) is 4.23. The van der Waals surface area contributed by atoms with Crippen molar-refractivity contribution in [2.45, 2.75) is 76.4 Å². The highest BCUT2D eigenvalue weighted by Crippen LogP contribution is 2.30. The summed E-state index contributed by atoms with van der Waals surface area (Å²) >= 11 is 12.6. The Bertz CT molecular complexity index is 1530. The molecule has 1 atom stereocenters. The first kappa shape index (κ1) is 31.9. The van der Waals surface area contributed by atoms with Gasteiger partial charge in [0.1, 0.15) is 12.6 Å². The Morgan fingerprint density at radius 3 is 2.31 bits per heavy atom. The van der Waals surface area contributed by atoms with Crippen LogP contribution in [0, 0.1) is 13.8 Å². The largest absolute Gasteiger partial charge is 0.352 e. The second-order valence-corrected chi connectivity index (χ2v) is 13.4. The SMILES string of the molecule is CC[C@@H](C(=O)NC1CCCC1)N(Cc1ccc(Cl)cc1Cl)C(=O)CN(c1cccc(C)c1C)S(=O)(=O)c1ccccc1. The van der Waals surface area contributed by atoms with E-state index in [1.807, 2.05) is 26.8 Å². The summed E-state index contributed by atoms with van der Waals surface area (Å²) in [7, 11) is -4.14. The number of hydrogen-bond acceptors (Lipinski definition) is 4. The van der Waals surface area contributed by atoms with E-state index in [1.54, 1.807) is 48.5 Å². The van der Waals surface area contributed by atoms with Gasteiger partial charge < -0.3 is 10.2 Å². The number of nitrogens with one attached hydrogen (secondary N) is 1. The molecule has 0 bridgehead atoms. The van der Waals surface area contributed by atoms with Crippen molar-refractivity contribution in [3.8, 4) is 0 Å². The standard InChI is InChI=1S/C32H37Cl2N3O4S/c1-4-29(32(39)35-26-12-8-9-13-26)36(20-24-17-18-25(33)19-28(24)34)31(38)21-37(30-16-10-11-22(2)23(30)3)42(40,41)27-14-6-5-7-15-27/h5-7,10-11,14-19,26,29H,4,8-9,12-13,20-21H2,1-3H3,(H,35,39)/t29-/m0/s1. The van der Waals surface area contributed by atoms with Gasteiger partial charge in [0.25, 0.3) is 10.0 Å². The first-order chi connectivity index (χ1) is 20.0. The van der Waals surface area contributed by atoms with E-state index in [-0.39, 0.29) is 23.4 Å². The van der Waals surface area contributed by atoms with E-state index < -0.39 is 28.5 Å². The van der Waals surface area contributed by atoms with Crippen molar-refractivity contribution in [3.05, 3.63) is 93.5 Å². The van der Waals surface area contributed by atoms with E-state index in [2.05, 4.69) is 5.32 Å². The Kier molecular flexibility index (Phi) is 10.6. The molecular formula is C32H37Cl2N3O4S. The van der Waals surface area contributed by atoms with Crippen molar-refractivity contribution in [2.75, 3.05) is 10.8 Å². The van der Waals surface area contributed by atoms with Crippen molar-refractivity contribution in [2.24, 2.45) is 0 Å². The third kappa shape index (κ3) is 7.28. The van der Waals surface area contributed by atoms with Gasteiger partial charge in [-0.3, -0.25) is 13.9 Å². The molecule has 4 rings (SSSR count). The van der Waals surface area contributed by atoms with E-state index in [4.69, 9.17) is 23.2 Å². The average Bonchev–Trinajstić information content (AvgIpc) is 3.47. The molecule has 2 amide bonds. The zero-order valence-electron chi connectivity index (χ0n) is 24.1. The molecule has 3 aromatic carbocycles. The van der Waals surface area contributed by atoms with Crippen LogP contribution in [0.4, 0.5) is 5.69 Å². The quantitative estimate of drug-likeness (QED) is 0.256. The van der Waals surface area contributed by atoms with Gasteiger partial charge in [0.05, 0.1) is 10.6 Å². The fraction of sp³-hybridized carbons (Fsp3) is 0.375. The molecule has 0 spiro atoms. The van der Waals surface area contributed by atoms with Crippen LogP contribution in [0.3, 0.4) is 0 Å². The molecule has 3 aromatic rings. The molecule has 1 N–H and O–H groups in total. The highest BCUT2D eigenvalue weighted by molar-refractivity contribution is 7.92. The number of benzene rings is 3. The summed E-state index contributed by atoms with van der Waals surface area (Å²) in [5.74, 6) is -0.776. The third-order valence-electron chi connectivity index (χ3n) is 7.90. The predicted octanol–water partition coefficient (Wildman–Crippen LogP) is 6.67. The van der Waals surface area contributed by atoms with E-state index >= 15 is 0 Å². The average molecular weight is 631 g/mol. The maximum absolute atomic E-state index is 14.3. The lowest BCUT2D eigenvalue weighted by Crippen LogP contribution is -2.53. The van der Waals surface area contributed by atoms with Gasteiger partial charge in [-0.05, 0) is 80.1 Å². The number of nitrogens with zero attached hydrogens (tertiary/aromatic N) is 2. The molecule has 1 saturated carbocycles. The van der Waals surface area contributed by atoms with Crippen molar-refractivity contribution in [3.63, 3.8) is 0 Å². The number of amides is 2. The van der Waals surface area contributed by atoms with Crippen LogP contribution in [0.15, 0.2) is 71.6 Å². The summed E-state index contributed by atoms with van der Waals surface area (Å²) in [4.78, 5) is 29.4. The Morgan fingerprint density at radius 1 is 0.976 bits per heavy atom. The molecule has 1 fully saturated rings. The number of rotatable bonds is 11. The highest BCUT2D eigenvalue weighted by atomic mass is 35.5. The van der Waals surface area contributed by atoms with Gasteiger partial charge in [-0.15, -0.1) is 0 Å². The summed E-state index contributed by atoms with van der Waals surface area (Å²) in [5.41, 5.74) is 2.63. The van der Waals surface area contributed by atoms with Gasteiger partial charge in [0.15, 0.2) is 0 Å². The molecule has 0 unspecified atom stereocenters. The lowest BCUT2D eigenvalue weighted by molar-refractivity contribution is -0.140. The first-order valence-corrected chi connectivity index (χ1v) is 16.4. The normalized spacial score (nSPS) is 14.4. The number of sulfonamides is 1. The lowest BCUT2D eigenvalue weighted by atomic mass is 10.1. The summed E-state index contributed by atoms with van der Waals surface area (Å²) in [6.45, 7) is 5.07. The Hall–Kier alpha value is -3.07. The monoisotopic (exact) mass is 629 g/mol. The van der Waals surface area contributed by atoms with Gasteiger partial charge in [0.2, 0.25) is 11.8 Å². The number of anilines is 1. The van der Waals surface area contributed by atoms with Crippen molar-refractivity contribution in [1.29, 1.82) is 0 Å². The lowest BCUT2D eigenvalue weighted by Gasteiger charge is -2.34. The minimum atomic E-state index is -4.14. The molecule has 224 valence electrons. The smallest absolute Gasteiger partial charge is 0.264 e. The Balaban J connectivity index is 1.76. The third-order valence-corrected chi connectivity index (χ3v) is 10.3. The maximum atomic E-state index is 14.3. The molecule has 7 nitrogen and oxygen atoms in total. The van der Waals surface area contributed by atoms with Crippen LogP contribution in [-0.2, 0) is 26.2 Å². The van der Waals surface area contributed by atoms with E-state index in [0.29, 0.717) is 27.7 Å². The van der Waals surface area contributed by atoms with Crippen molar-refractivity contribution < 1.29 is 18.0 Å². The molecule has 10 heteroatoms. The number of carbonyl (C=O) groups excluding carboxylic acids is 2. The van der Waals surface area contributed by atoms with Gasteiger partial charge >= 0.3 is 0 Å². The van der Waals surface area contributed by atoms with Crippen LogP contribution in [0.2, 0.25) is 10.0 Å². The molecule has 1 aliphatic rings. The summed E-state index contributed by atoms with van der Waals surface area (Å²) in [5, 5.41) is 3.92. The van der Waals surface area contributed by atoms with Crippen LogP contribution >= 0.6 is 23.2 Å². The van der Waals surface area contributed by atoms with Crippen LogP contribution in [-0.4, -0.2) is 43.8 Å². The van der Waals surface area contributed by atoms with Gasteiger partial charge in [-0.1, -0.05) is 79.4 Å². The van der Waals surface area contributed by atoms with Gasteiger partial charge in [0, 0.05) is 22.6 Å². The van der Waals surface area contributed by atoms with Crippen LogP contribution in [0.1, 0.15) is 55.7 Å². The van der Waals surface area contributed by atoms with Crippen LogP contribution in [0.25, 0.3) is 0 Å². The van der Waals surface area contributed by atoms with Gasteiger partial charge in [-0.2, -0.15) is 0 Å². The Morgan fingerprint density at radius 2 is 1.67 bits per heavy atom. The van der Waals surface area contributed by atoms with E-state index in [0.717, 1.165) is 41.1 Å². The topological polar surface area (TPSA) is 86.8 Å². The maximum Gasteiger partial charge on any atom is 0.264 e. The van der Waals surface area contributed by atoms with Gasteiger partial charge in [-0.25, -0.2) is 8.42 Å². The molecular weight excluding hydrogens is 593 g/mol. The molecule has 0 saturated heterocycles. The minimum Gasteiger partial charge on any atom is -0.352 e. The molecule has 1 aliphatic carbocycles. The molecule has 0 aromatic heterocycles. The fourth-order valence-electron chi connectivity index (χ4n) is 5.36. The zero-order chi connectivity index (χ0) is 30.4. The first-order valence-electron chi connectivity index (χ1n) is 14.2. The molecule has 0 radical (unpaired) electrons. The second-order valence-electron chi connectivity index (χ2n) is 10.7. The van der Waals surface area contributed by atoms with E-state index in [9.17, 15) is 18.0 Å². The van der Waals surface area contributed by atoms with Crippen molar-refractivity contribution in [1.82, 2.24) is 10.2 Å². The summed E-state index contributed by atoms with van der Waals surface area (Å²) in [6, 6.07) is 17.6. The molecule has 0 heterocycles.